The molecule has 0 saturated carbocycles. The molecule has 0 bridgehead atoms. The van der Waals surface area contributed by atoms with Gasteiger partial charge in [0.25, 0.3) is 5.91 Å². The number of benzene rings is 1. The summed E-state index contributed by atoms with van der Waals surface area (Å²) < 4.78 is 0. The van der Waals surface area contributed by atoms with E-state index in [1.165, 1.54) is 0 Å². The summed E-state index contributed by atoms with van der Waals surface area (Å²) in [4.78, 5) is 11.9. The lowest BCUT2D eigenvalue weighted by Gasteiger charge is -2.15. The third kappa shape index (κ3) is 4.13. The summed E-state index contributed by atoms with van der Waals surface area (Å²) in [6.07, 6.45) is 2.94. The molecule has 0 heterocycles. The maximum Gasteiger partial charge on any atom is 0.251 e. The van der Waals surface area contributed by atoms with Crippen LogP contribution in [0.3, 0.4) is 0 Å². The molecule has 0 radical (unpaired) electrons. The van der Waals surface area contributed by atoms with E-state index < -0.39 is 0 Å². The second kappa shape index (κ2) is 6.77. The van der Waals surface area contributed by atoms with Gasteiger partial charge in [0.15, 0.2) is 0 Å². The summed E-state index contributed by atoms with van der Waals surface area (Å²) in [7, 11) is 0. The molecule has 0 spiro atoms. The second-order valence-corrected chi connectivity index (χ2v) is 5.09. The van der Waals surface area contributed by atoms with Gasteiger partial charge in [-0.3, -0.25) is 4.79 Å². The Morgan fingerprint density at radius 1 is 1.59 bits per heavy atom. The molecule has 1 unspecified atom stereocenters. The number of carbonyl (C=O) groups excluding carboxylic acids is 1. The molecular formula is C12H17ClN2OS. The molecular weight excluding hydrogens is 256 g/mol. The van der Waals surface area contributed by atoms with Crippen molar-refractivity contribution in [3.63, 3.8) is 0 Å². The summed E-state index contributed by atoms with van der Waals surface area (Å²) in [5, 5.41) is 3.44. The average Bonchev–Trinajstić information content (AvgIpc) is 2.31. The van der Waals surface area contributed by atoms with Gasteiger partial charge in [-0.05, 0) is 30.9 Å². The van der Waals surface area contributed by atoms with Gasteiger partial charge in [-0.2, -0.15) is 11.8 Å². The molecule has 0 saturated heterocycles. The number of halogens is 1. The maximum absolute atomic E-state index is 11.9. The van der Waals surface area contributed by atoms with Gasteiger partial charge >= 0.3 is 0 Å². The molecule has 3 N–H and O–H groups in total. The van der Waals surface area contributed by atoms with Crippen molar-refractivity contribution >= 4 is 35.0 Å². The minimum atomic E-state index is -0.103. The molecule has 1 rings (SSSR count). The molecule has 0 aromatic heterocycles. The van der Waals surface area contributed by atoms with Crippen molar-refractivity contribution in [1.82, 2.24) is 5.32 Å². The standard InChI is InChI=1S/C12H17ClN2OS/c1-3-9(7-17-2)15-12(16)8-4-5-10(13)11(14)6-8/h4-6,9H,3,7,14H2,1-2H3,(H,15,16). The molecule has 0 aliphatic rings. The molecule has 1 aromatic rings. The van der Waals surface area contributed by atoms with Crippen LogP contribution >= 0.6 is 23.4 Å². The lowest BCUT2D eigenvalue weighted by Crippen LogP contribution is -2.36. The van der Waals surface area contributed by atoms with Gasteiger partial charge in [0.2, 0.25) is 0 Å². The third-order valence-corrected chi connectivity index (χ3v) is 3.53. The zero-order valence-electron chi connectivity index (χ0n) is 10.00. The van der Waals surface area contributed by atoms with Gasteiger partial charge in [0.05, 0.1) is 10.7 Å². The van der Waals surface area contributed by atoms with Crippen LogP contribution in [0.25, 0.3) is 0 Å². The van der Waals surface area contributed by atoms with Gasteiger partial charge in [0.1, 0.15) is 0 Å². The van der Waals surface area contributed by atoms with E-state index in [0.717, 1.165) is 12.2 Å². The lowest BCUT2D eigenvalue weighted by atomic mass is 10.1. The summed E-state index contributed by atoms with van der Waals surface area (Å²) in [5.41, 5.74) is 6.64. The summed E-state index contributed by atoms with van der Waals surface area (Å²) in [5.74, 6) is 0.806. The van der Waals surface area contributed by atoms with E-state index in [1.807, 2.05) is 6.26 Å². The molecule has 0 aliphatic heterocycles. The fourth-order valence-electron chi connectivity index (χ4n) is 1.42. The van der Waals surface area contributed by atoms with Gasteiger partial charge in [-0.15, -0.1) is 0 Å². The van der Waals surface area contributed by atoms with E-state index in [4.69, 9.17) is 17.3 Å². The molecule has 1 atom stereocenters. The van der Waals surface area contributed by atoms with Gasteiger partial charge in [0, 0.05) is 17.4 Å². The molecule has 1 amide bonds. The Morgan fingerprint density at radius 3 is 2.82 bits per heavy atom. The van der Waals surface area contributed by atoms with Crippen LogP contribution in [-0.4, -0.2) is 24.0 Å². The highest BCUT2D eigenvalue weighted by Gasteiger charge is 2.12. The van der Waals surface area contributed by atoms with Crippen molar-refractivity contribution < 1.29 is 4.79 Å². The molecule has 1 aromatic carbocycles. The quantitative estimate of drug-likeness (QED) is 0.811. The smallest absolute Gasteiger partial charge is 0.251 e. The number of anilines is 1. The van der Waals surface area contributed by atoms with Gasteiger partial charge < -0.3 is 11.1 Å². The van der Waals surface area contributed by atoms with Crippen molar-refractivity contribution in [2.75, 3.05) is 17.7 Å². The minimum Gasteiger partial charge on any atom is -0.398 e. The van der Waals surface area contributed by atoms with Crippen LogP contribution in [0, 0.1) is 0 Å². The Bertz CT molecular complexity index is 398. The summed E-state index contributed by atoms with van der Waals surface area (Å²) in [6, 6.07) is 5.11. The maximum atomic E-state index is 11.9. The predicted molar refractivity (Wildman–Crippen MR) is 75.8 cm³/mol. The van der Waals surface area contributed by atoms with E-state index in [9.17, 15) is 4.79 Å². The molecule has 0 aliphatic carbocycles. The van der Waals surface area contributed by atoms with E-state index >= 15 is 0 Å². The van der Waals surface area contributed by atoms with E-state index in [2.05, 4.69) is 12.2 Å². The van der Waals surface area contributed by atoms with Crippen LogP contribution in [0.4, 0.5) is 5.69 Å². The molecule has 94 valence electrons. The molecule has 0 fully saturated rings. The normalized spacial score (nSPS) is 12.2. The minimum absolute atomic E-state index is 0.103. The van der Waals surface area contributed by atoms with Crippen LogP contribution in [0.15, 0.2) is 18.2 Å². The summed E-state index contributed by atoms with van der Waals surface area (Å²) in [6.45, 7) is 2.05. The van der Waals surface area contributed by atoms with Crippen molar-refractivity contribution in [2.24, 2.45) is 0 Å². The van der Waals surface area contributed by atoms with Crippen molar-refractivity contribution in [3.05, 3.63) is 28.8 Å². The monoisotopic (exact) mass is 272 g/mol. The first-order valence-electron chi connectivity index (χ1n) is 5.43. The SMILES string of the molecule is CCC(CSC)NC(=O)c1ccc(Cl)c(N)c1. The second-order valence-electron chi connectivity index (χ2n) is 3.77. The van der Waals surface area contributed by atoms with Crippen molar-refractivity contribution in [3.8, 4) is 0 Å². The van der Waals surface area contributed by atoms with E-state index in [-0.39, 0.29) is 11.9 Å². The van der Waals surface area contributed by atoms with Crippen LogP contribution < -0.4 is 11.1 Å². The largest absolute Gasteiger partial charge is 0.398 e. The van der Waals surface area contributed by atoms with Crippen LogP contribution in [0.5, 0.6) is 0 Å². The average molecular weight is 273 g/mol. The first kappa shape index (κ1) is 14.2. The Morgan fingerprint density at radius 2 is 2.29 bits per heavy atom. The number of nitrogens with two attached hydrogens (primary N) is 1. The number of hydrogen-bond acceptors (Lipinski definition) is 3. The fraction of sp³-hybridized carbons (Fsp3) is 0.417. The van der Waals surface area contributed by atoms with E-state index in [0.29, 0.717) is 16.3 Å². The highest BCUT2D eigenvalue weighted by atomic mass is 35.5. The number of hydrogen-bond donors (Lipinski definition) is 2. The van der Waals surface area contributed by atoms with Crippen LogP contribution in [0.1, 0.15) is 23.7 Å². The number of nitrogens with one attached hydrogen (secondary N) is 1. The molecule has 3 nitrogen and oxygen atoms in total. The Balaban J connectivity index is 2.72. The third-order valence-electron chi connectivity index (χ3n) is 2.45. The first-order chi connectivity index (χ1) is 8.08. The Hall–Kier alpha value is -0.870. The van der Waals surface area contributed by atoms with Crippen molar-refractivity contribution in [2.45, 2.75) is 19.4 Å². The van der Waals surface area contributed by atoms with Gasteiger partial charge in [-0.25, -0.2) is 0 Å². The zero-order chi connectivity index (χ0) is 12.8. The molecule has 17 heavy (non-hydrogen) atoms. The number of rotatable bonds is 5. The lowest BCUT2D eigenvalue weighted by molar-refractivity contribution is 0.0940. The topological polar surface area (TPSA) is 55.1 Å². The number of carbonyl (C=O) groups is 1. The van der Waals surface area contributed by atoms with Crippen LogP contribution in [0.2, 0.25) is 5.02 Å². The van der Waals surface area contributed by atoms with Crippen molar-refractivity contribution in [1.29, 1.82) is 0 Å². The molecule has 5 heteroatoms. The number of amides is 1. The zero-order valence-corrected chi connectivity index (χ0v) is 11.6. The summed E-state index contributed by atoms with van der Waals surface area (Å²) >= 11 is 7.52. The predicted octanol–water partition coefficient (Wildman–Crippen LogP) is 2.79. The Labute approximate surface area is 111 Å². The van der Waals surface area contributed by atoms with E-state index in [1.54, 1.807) is 30.0 Å². The number of thioether (sulfide) groups is 1. The van der Waals surface area contributed by atoms with Gasteiger partial charge in [-0.1, -0.05) is 18.5 Å². The fourth-order valence-corrected chi connectivity index (χ4v) is 2.26. The Kier molecular flexibility index (Phi) is 5.65. The highest BCUT2D eigenvalue weighted by molar-refractivity contribution is 7.98. The number of nitrogen functional groups attached to an aromatic ring is 1. The first-order valence-corrected chi connectivity index (χ1v) is 7.20. The van der Waals surface area contributed by atoms with Crippen LogP contribution in [-0.2, 0) is 0 Å². The highest BCUT2D eigenvalue weighted by Crippen LogP contribution is 2.19.